The lowest BCUT2D eigenvalue weighted by atomic mass is 10.3. The fourth-order valence-electron chi connectivity index (χ4n) is 0.849. The Morgan fingerprint density at radius 2 is 2.38 bits per heavy atom. The number of rotatable bonds is 4. The first-order valence-electron chi connectivity index (χ1n) is 4.08. The molecule has 0 amide bonds. The van der Waals surface area contributed by atoms with Crippen LogP contribution in [0.5, 0.6) is 0 Å². The summed E-state index contributed by atoms with van der Waals surface area (Å²) in [5.41, 5.74) is 7.47. The van der Waals surface area contributed by atoms with E-state index in [1.807, 2.05) is 13.0 Å². The number of anilines is 1. The third-order valence-corrected chi connectivity index (χ3v) is 2.55. The maximum Gasteiger partial charge on any atom is 0.0964 e. The van der Waals surface area contributed by atoms with E-state index in [1.165, 1.54) is 0 Å². The highest BCUT2D eigenvalue weighted by molar-refractivity contribution is 7.99. The van der Waals surface area contributed by atoms with Gasteiger partial charge in [0.25, 0.3) is 0 Å². The van der Waals surface area contributed by atoms with E-state index in [0.717, 1.165) is 28.6 Å². The van der Waals surface area contributed by atoms with Crippen molar-refractivity contribution in [1.29, 1.82) is 0 Å². The maximum absolute atomic E-state index is 5.65. The van der Waals surface area contributed by atoms with E-state index >= 15 is 0 Å². The van der Waals surface area contributed by atoms with Gasteiger partial charge in [-0.1, -0.05) is 0 Å². The fourth-order valence-corrected chi connectivity index (χ4v) is 1.70. The molecule has 4 heteroatoms. The van der Waals surface area contributed by atoms with Crippen LogP contribution >= 0.6 is 11.8 Å². The van der Waals surface area contributed by atoms with Crippen molar-refractivity contribution >= 4 is 17.4 Å². The van der Waals surface area contributed by atoms with Gasteiger partial charge in [-0.2, -0.15) is 0 Å². The first-order chi connectivity index (χ1) is 6.24. The minimum atomic E-state index is 0.746. The van der Waals surface area contributed by atoms with Crippen molar-refractivity contribution in [2.24, 2.45) is 0 Å². The summed E-state index contributed by atoms with van der Waals surface area (Å²) >= 11 is 1.68. The van der Waals surface area contributed by atoms with Crippen LogP contribution < -0.4 is 5.73 Å². The van der Waals surface area contributed by atoms with E-state index in [4.69, 9.17) is 10.5 Å². The second-order valence-electron chi connectivity index (χ2n) is 2.72. The van der Waals surface area contributed by atoms with Gasteiger partial charge in [-0.15, -0.1) is 11.8 Å². The van der Waals surface area contributed by atoms with E-state index in [-0.39, 0.29) is 0 Å². The standard InChI is InChI=1S/C9H14N2OS/c1-7-5-9(11-6-8(7)10)13-4-3-12-2/h5-6H,3-4,10H2,1-2H3. The summed E-state index contributed by atoms with van der Waals surface area (Å²) in [5, 5.41) is 1.00. The lowest BCUT2D eigenvalue weighted by Gasteiger charge is -2.03. The summed E-state index contributed by atoms with van der Waals surface area (Å²) in [6.45, 7) is 2.73. The van der Waals surface area contributed by atoms with Crippen LogP contribution in [0, 0.1) is 6.92 Å². The van der Waals surface area contributed by atoms with E-state index in [0.29, 0.717) is 0 Å². The number of aromatic nitrogens is 1. The van der Waals surface area contributed by atoms with Crippen LogP contribution in [-0.4, -0.2) is 24.5 Å². The highest BCUT2D eigenvalue weighted by Gasteiger charge is 1.98. The Kier molecular flexibility index (Phi) is 4.05. The largest absolute Gasteiger partial charge is 0.397 e. The molecule has 1 heterocycles. The zero-order valence-corrected chi connectivity index (χ0v) is 8.73. The number of pyridine rings is 1. The van der Waals surface area contributed by atoms with Gasteiger partial charge in [-0.05, 0) is 18.6 Å². The van der Waals surface area contributed by atoms with Crippen molar-refractivity contribution in [2.45, 2.75) is 11.9 Å². The van der Waals surface area contributed by atoms with Gasteiger partial charge in [0.05, 0.1) is 23.5 Å². The second kappa shape index (κ2) is 5.09. The molecule has 0 aliphatic carbocycles. The number of methoxy groups -OCH3 is 1. The van der Waals surface area contributed by atoms with Gasteiger partial charge in [0.2, 0.25) is 0 Å². The highest BCUT2D eigenvalue weighted by Crippen LogP contribution is 2.18. The lowest BCUT2D eigenvalue weighted by molar-refractivity contribution is 0.218. The molecule has 1 rings (SSSR count). The Hall–Kier alpha value is -0.740. The number of ether oxygens (including phenoxy) is 1. The summed E-state index contributed by atoms with van der Waals surface area (Å²) in [7, 11) is 1.70. The van der Waals surface area contributed by atoms with Crippen molar-refractivity contribution in [3.05, 3.63) is 17.8 Å². The highest BCUT2D eigenvalue weighted by atomic mass is 32.2. The molecule has 0 saturated heterocycles. The van der Waals surface area contributed by atoms with Crippen molar-refractivity contribution in [3.63, 3.8) is 0 Å². The molecule has 0 atom stereocenters. The van der Waals surface area contributed by atoms with Gasteiger partial charge >= 0.3 is 0 Å². The van der Waals surface area contributed by atoms with Gasteiger partial charge in [-0.25, -0.2) is 4.98 Å². The molecule has 1 aromatic heterocycles. The third kappa shape index (κ3) is 3.24. The molecule has 13 heavy (non-hydrogen) atoms. The molecule has 0 spiro atoms. The molecule has 0 aliphatic rings. The quantitative estimate of drug-likeness (QED) is 0.591. The monoisotopic (exact) mass is 198 g/mol. The van der Waals surface area contributed by atoms with E-state index < -0.39 is 0 Å². The minimum absolute atomic E-state index is 0.746. The van der Waals surface area contributed by atoms with Gasteiger partial charge in [0.1, 0.15) is 0 Å². The molecule has 0 aromatic carbocycles. The number of nitrogens with two attached hydrogens (primary N) is 1. The summed E-state index contributed by atoms with van der Waals surface area (Å²) in [5.74, 6) is 0.923. The summed E-state index contributed by atoms with van der Waals surface area (Å²) in [4.78, 5) is 4.19. The molecule has 0 unspecified atom stereocenters. The van der Waals surface area contributed by atoms with Crippen LogP contribution in [0.15, 0.2) is 17.3 Å². The van der Waals surface area contributed by atoms with Crippen molar-refractivity contribution in [3.8, 4) is 0 Å². The number of nitrogens with zero attached hydrogens (tertiary/aromatic N) is 1. The molecular weight excluding hydrogens is 184 g/mol. The predicted octanol–water partition coefficient (Wildman–Crippen LogP) is 1.71. The first-order valence-corrected chi connectivity index (χ1v) is 5.06. The number of hydrogen-bond donors (Lipinski definition) is 1. The number of aryl methyl sites for hydroxylation is 1. The van der Waals surface area contributed by atoms with Crippen LogP contribution in [0.4, 0.5) is 5.69 Å². The Balaban J connectivity index is 2.53. The van der Waals surface area contributed by atoms with E-state index in [2.05, 4.69) is 4.98 Å². The molecule has 0 aliphatic heterocycles. The summed E-state index contributed by atoms with van der Waals surface area (Å²) in [6.07, 6.45) is 1.70. The number of thioether (sulfide) groups is 1. The average Bonchev–Trinajstić information content (AvgIpc) is 2.12. The molecule has 0 fully saturated rings. The normalized spacial score (nSPS) is 10.3. The molecule has 0 bridgehead atoms. The van der Waals surface area contributed by atoms with E-state index in [9.17, 15) is 0 Å². The Labute approximate surface area is 82.7 Å². The van der Waals surface area contributed by atoms with Gasteiger partial charge < -0.3 is 10.5 Å². The fraction of sp³-hybridized carbons (Fsp3) is 0.444. The van der Waals surface area contributed by atoms with Crippen molar-refractivity contribution < 1.29 is 4.74 Å². The van der Waals surface area contributed by atoms with Crippen molar-refractivity contribution in [1.82, 2.24) is 4.98 Å². The smallest absolute Gasteiger partial charge is 0.0964 e. The molecule has 0 radical (unpaired) electrons. The Morgan fingerprint density at radius 3 is 3.00 bits per heavy atom. The predicted molar refractivity (Wildman–Crippen MR) is 56.0 cm³/mol. The maximum atomic E-state index is 5.65. The summed E-state index contributed by atoms with van der Waals surface area (Å²) < 4.78 is 4.94. The Morgan fingerprint density at radius 1 is 1.62 bits per heavy atom. The van der Waals surface area contributed by atoms with Crippen LogP contribution in [0.3, 0.4) is 0 Å². The van der Waals surface area contributed by atoms with Gasteiger partial charge in [0, 0.05) is 12.9 Å². The minimum Gasteiger partial charge on any atom is -0.397 e. The molecular formula is C9H14N2OS. The second-order valence-corrected chi connectivity index (χ2v) is 3.84. The Bertz CT molecular complexity index is 278. The average molecular weight is 198 g/mol. The van der Waals surface area contributed by atoms with Crippen LogP contribution in [0.25, 0.3) is 0 Å². The molecule has 1 aromatic rings. The third-order valence-electron chi connectivity index (χ3n) is 1.66. The lowest BCUT2D eigenvalue weighted by Crippen LogP contribution is -1.95. The van der Waals surface area contributed by atoms with Gasteiger partial charge in [-0.3, -0.25) is 0 Å². The van der Waals surface area contributed by atoms with Gasteiger partial charge in [0.15, 0.2) is 0 Å². The molecule has 0 saturated carbocycles. The topological polar surface area (TPSA) is 48.1 Å². The molecule has 2 N–H and O–H groups in total. The zero-order valence-electron chi connectivity index (χ0n) is 7.91. The van der Waals surface area contributed by atoms with Crippen LogP contribution in [-0.2, 0) is 4.74 Å². The molecule has 3 nitrogen and oxygen atoms in total. The van der Waals surface area contributed by atoms with E-state index in [1.54, 1.807) is 25.1 Å². The van der Waals surface area contributed by atoms with Crippen LogP contribution in [0.1, 0.15) is 5.56 Å². The number of nitrogen functional groups attached to an aromatic ring is 1. The SMILES string of the molecule is COCCSc1cc(C)c(N)cn1. The molecule has 72 valence electrons. The number of hydrogen-bond acceptors (Lipinski definition) is 4. The zero-order chi connectivity index (χ0) is 9.68. The van der Waals surface area contributed by atoms with Crippen LogP contribution in [0.2, 0.25) is 0 Å². The first kappa shape index (κ1) is 10.3. The van der Waals surface area contributed by atoms with Crippen molar-refractivity contribution in [2.75, 3.05) is 25.2 Å². The summed E-state index contributed by atoms with van der Waals surface area (Å²) in [6, 6.07) is 2.00.